The number of aromatic nitrogens is 2. The van der Waals surface area contributed by atoms with Gasteiger partial charge in [0.15, 0.2) is 0 Å². The van der Waals surface area contributed by atoms with E-state index in [0.29, 0.717) is 12.1 Å². The van der Waals surface area contributed by atoms with Crippen LogP contribution in [0.5, 0.6) is 0 Å². The molecule has 0 aliphatic heterocycles. The molecule has 0 aliphatic carbocycles. The highest BCUT2D eigenvalue weighted by molar-refractivity contribution is 5.93. The summed E-state index contributed by atoms with van der Waals surface area (Å²) in [5.41, 5.74) is 10.3. The molecule has 1 heterocycles. The number of carbonyl (C=O) groups is 1. The Morgan fingerprint density at radius 2 is 2.22 bits per heavy atom. The molecule has 2 rings (SSSR count). The van der Waals surface area contributed by atoms with E-state index in [1.54, 1.807) is 24.0 Å². The second-order valence-corrected chi connectivity index (χ2v) is 4.71. The highest BCUT2D eigenvalue weighted by Gasteiger charge is 2.09. The van der Waals surface area contributed by atoms with Gasteiger partial charge in [0.2, 0.25) is 0 Å². The highest BCUT2D eigenvalue weighted by Crippen LogP contribution is 2.10. The quantitative estimate of drug-likeness (QED) is 0.258. The van der Waals surface area contributed by atoms with Crippen LogP contribution in [0.25, 0.3) is 16.5 Å². The van der Waals surface area contributed by atoms with Gasteiger partial charge >= 0.3 is 5.97 Å². The van der Waals surface area contributed by atoms with Gasteiger partial charge in [-0.3, -0.25) is 4.68 Å². The number of aryl methyl sites for hydroxylation is 2. The lowest BCUT2D eigenvalue weighted by Crippen LogP contribution is -2.05. The molecule has 118 valence electrons. The molecule has 0 bridgehead atoms. The smallest absolute Gasteiger partial charge is 0.340 e. The van der Waals surface area contributed by atoms with E-state index in [-0.39, 0.29) is 12.3 Å². The third-order valence-electron chi connectivity index (χ3n) is 3.07. The third-order valence-corrected chi connectivity index (χ3v) is 3.07. The number of azide groups is 1. The van der Waals surface area contributed by atoms with Crippen molar-refractivity contribution in [3.63, 3.8) is 0 Å². The Morgan fingerprint density at radius 3 is 2.91 bits per heavy atom. The Morgan fingerprint density at radius 1 is 1.43 bits per heavy atom. The van der Waals surface area contributed by atoms with E-state index >= 15 is 0 Å². The fourth-order valence-corrected chi connectivity index (χ4v) is 2.00. The van der Waals surface area contributed by atoms with Crippen molar-refractivity contribution in [1.29, 1.82) is 0 Å². The maximum absolute atomic E-state index is 11.7. The standard InChI is InChI=1S/C16H17N5O2/c1-2-23-16(22)15(19-20-17)10-14-11-18-21(12-14)9-8-13-6-4-3-5-7-13/h3-7,10-12H,2,8-9H2,1H3/b15-10-. The van der Waals surface area contributed by atoms with Gasteiger partial charge in [-0.15, -0.1) is 0 Å². The minimum Gasteiger partial charge on any atom is -0.462 e. The van der Waals surface area contributed by atoms with Gasteiger partial charge in [0.1, 0.15) is 5.70 Å². The van der Waals surface area contributed by atoms with Gasteiger partial charge < -0.3 is 4.74 Å². The van der Waals surface area contributed by atoms with Gasteiger partial charge in [-0.2, -0.15) is 5.10 Å². The summed E-state index contributed by atoms with van der Waals surface area (Å²) in [5.74, 6) is -0.651. The number of rotatable bonds is 7. The minimum atomic E-state index is -0.651. The van der Waals surface area contributed by atoms with Gasteiger partial charge in [0.05, 0.1) is 12.8 Å². The van der Waals surface area contributed by atoms with Gasteiger partial charge in [0, 0.05) is 23.2 Å². The number of esters is 1. The largest absolute Gasteiger partial charge is 0.462 e. The van der Waals surface area contributed by atoms with Gasteiger partial charge in [-0.1, -0.05) is 35.4 Å². The third kappa shape index (κ3) is 5.01. The van der Waals surface area contributed by atoms with Crippen LogP contribution in [0.4, 0.5) is 0 Å². The van der Waals surface area contributed by atoms with Crippen LogP contribution in [0.3, 0.4) is 0 Å². The van der Waals surface area contributed by atoms with Crippen LogP contribution in [0, 0.1) is 0 Å². The van der Waals surface area contributed by atoms with Crippen molar-refractivity contribution in [2.75, 3.05) is 6.61 Å². The molecule has 0 radical (unpaired) electrons. The number of nitrogens with zero attached hydrogens (tertiary/aromatic N) is 5. The zero-order valence-electron chi connectivity index (χ0n) is 12.8. The first kappa shape index (κ1) is 16.3. The monoisotopic (exact) mass is 311 g/mol. The average molecular weight is 311 g/mol. The predicted octanol–water partition coefficient (Wildman–Crippen LogP) is 3.34. The summed E-state index contributed by atoms with van der Waals surface area (Å²) in [6.45, 7) is 2.62. The SMILES string of the molecule is CCOC(=O)/C(=C/c1cnn(CCc2ccccc2)c1)N=[N+]=[N-]. The first-order valence-corrected chi connectivity index (χ1v) is 7.23. The van der Waals surface area contributed by atoms with E-state index in [0.717, 1.165) is 6.42 Å². The van der Waals surface area contributed by atoms with Crippen LogP contribution < -0.4 is 0 Å². The van der Waals surface area contributed by atoms with Crippen LogP contribution in [-0.4, -0.2) is 22.4 Å². The first-order valence-electron chi connectivity index (χ1n) is 7.23. The summed E-state index contributed by atoms with van der Waals surface area (Å²) in [4.78, 5) is 14.3. The second kappa shape index (κ2) is 8.41. The van der Waals surface area contributed by atoms with E-state index < -0.39 is 5.97 Å². The van der Waals surface area contributed by atoms with Crippen molar-refractivity contribution < 1.29 is 9.53 Å². The molecule has 0 saturated heterocycles. The molecule has 0 spiro atoms. The van der Waals surface area contributed by atoms with Crippen LogP contribution in [0.1, 0.15) is 18.1 Å². The van der Waals surface area contributed by atoms with Gasteiger partial charge in [-0.25, -0.2) is 4.79 Å². The lowest BCUT2D eigenvalue weighted by atomic mass is 10.1. The number of ether oxygens (including phenoxy) is 1. The first-order chi connectivity index (χ1) is 11.2. The number of hydrogen-bond acceptors (Lipinski definition) is 4. The van der Waals surface area contributed by atoms with Crippen molar-refractivity contribution in [1.82, 2.24) is 9.78 Å². The zero-order chi connectivity index (χ0) is 16.5. The molecule has 23 heavy (non-hydrogen) atoms. The van der Waals surface area contributed by atoms with E-state index in [4.69, 9.17) is 10.3 Å². The Balaban J connectivity index is 2.06. The molecule has 2 aromatic rings. The molecule has 0 saturated carbocycles. The predicted molar refractivity (Wildman–Crippen MR) is 86.1 cm³/mol. The molecule has 0 aliphatic rings. The molecular weight excluding hydrogens is 294 g/mol. The fourth-order valence-electron chi connectivity index (χ4n) is 2.00. The number of carbonyl (C=O) groups excluding carboxylic acids is 1. The van der Waals surface area contributed by atoms with Crippen LogP contribution in [0.15, 0.2) is 53.5 Å². The van der Waals surface area contributed by atoms with Crippen molar-refractivity contribution in [3.05, 3.63) is 70.0 Å². The lowest BCUT2D eigenvalue weighted by Gasteiger charge is -2.01. The Bertz CT molecular complexity index is 730. The van der Waals surface area contributed by atoms with E-state index in [1.165, 1.54) is 11.6 Å². The minimum absolute atomic E-state index is 0.0861. The summed E-state index contributed by atoms with van der Waals surface area (Å²) >= 11 is 0. The Kier molecular flexibility index (Phi) is 5.97. The lowest BCUT2D eigenvalue weighted by molar-refractivity contribution is -0.138. The maximum atomic E-state index is 11.7. The average Bonchev–Trinajstić information content (AvgIpc) is 3.01. The molecule has 0 N–H and O–H groups in total. The van der Waals surface area contributed by atoms with Crippen molar-refractivity contribution in [2.45, 2.75) is 19.9 Å². The zero-order valence-corrected chi connectivity index (χ0v) is 12.8. The normalized spacial score (nSPS) is 10.9. The fraction of sp³-hybridized carbons (Fsp3) is 0.250. The van der Waals surface area contributed by atoms with Crippen molar-refractivity contribution in [3.8, 4) is 0 Å². The maximum Gasteiger partial charge on any atom is 0.340 e. The topological polar surface area (TPSA) is 92.9 Å². The second-order valence-electron chi connectivity index (χ2n) is 4.71. The molecule has 0 amide bonds. The van der Waals surface area contributed by atoms with Crippen LogP contribution in [-0.2, 0) is 22.5 Å². The van der Waals surface area contributed by atoms with Gasteiger partial charge in [-0.05, 0) is 30.5 Å². The van der Waals surface area contributed by atoms with Crippen LogP contribution >= 0.6 is 0 Å². The molecule has 1 aromatic carbocycles. The summed E-state index contributed by atoms with van der Waals surface area (Å²) in [6, 6.07) is 10.1. The Hall–Kier alpha value is -3.05. The molecule has 0 atom stereocenters. The molecule has 0 unspecified atom stereocenters. The summed E-state index contributed by atoms with van der Waals surface area (Å²) in [6.07, 6.45) is 5.71. The summed E-state index contributed by atoms with van der Waals surface area (Å²) < 4.78 is 6.62. The van der Waals surface area contributed by atoms with Crippen LogP contribution in [0.2, 0.25) is 0 Å². The van der Waals surface area contributed by atoms with E-state index in [1.807, 2.05) is 18.2 Å². The van der Waals surface area contributed by atoms with Crippen molar-refractivity contribution >= 4 is 12.0 Å². The molecular formula is C16H17N5O2. The molecule has 1 aromatic heterocycles. The summed E-state index contributed by atoms with van der Waals surface area (Å²) in [7, 11) is 0. The number of hydrogen-bond donors (Lipinski definition) is 0. The van der Waals surface area contributed by atoms with Gasteiger partial charge in [0.25, 0.3) is 0 Å². The highest BCUT2D eigenvalue weighted by atomic mass is 16.5. The molecule has 7 heteroatoms. The van der Waals surface area contributed by atoms with Crippen molar-refractivity contribution in [2.24, 2.45) is 5.11 Å². The van der Waals surface area contributed by atoms with E-state index in [9.17, 15) is 4.79 Å². The molecule has 7 nitrogen and oxygen atoms in total. The number of benzene rings is 1. The summed E-state index contributed by atoms with van der Waals surface area (Å²) in [5, 5.41) is 7.61. The van der Waals surface area contributed by atoms with E-state index in [2.05, 4.69) is 27.3 Å². The Labute approximate surface area is 133 Å². The molecule has 0 fully saturated rings.